The summed E-state index contributed by atoms with van der Waals surface area (Å²) in [7, 11) is 0. The zero-order chi connectivity index (χ0) is 21.8. The van der Waals surface area contributed by atoms with Crippen LogP contribution in [0.25, 0.3) is 6.08 Å². The van der Waals surface area contributed by atoms with E-state index in [1.54, 1.807) is 18.2 Å². The van der Waals surface area contributed by atoms with Crippen LogP contribution in [0.15, 0.2) is 77.7 Å². The number of hydrogen-bond donors (Lipinski definition) is 0. The van der Waals surface area contributed by atoms with E-state index >= 15 is 0 Å². The Morgan fingerprint density at radius 1 is 0.968 bits per heavy atom. The van der Waals surface area contributed by atoms with Crippen molar-refractivity contribution in [2.45, 2.75) is 13.2 Å². The van der Waals surface area contributed by atoms with Gasteiger partial charge in [-0.25, -0.2) is 4.39 Å². The Labute approximate surface area is 188 Å². The molecule has 0 saturated carbocycles. The van der Waals surface area contributed by atoms with Crippen LogP contribution in [-0.4, -0.2) is 16.0 Å². The average Bonchev–Trinajstić information content (AvgIpc) is 3.03. The minimum absolute atomic E-state index is 0.118. The third kappa shape index (κ3) is 4.98. The second-order valence-corrected chi connectivity index (χ2v) is 8.21. The molecule has 0 atom stereocenters. The van der Waals surface area contributed by atoms with E-state index in [0.29, 0.717) is 12.4 Å². The van der Waals surface area contributed by atoms with Crippen LogP contribution in [0.4, 0.5) is 9.18 Å². The quantitative estimate of drug-likeness (QED) is 0.411. The maximum absolute atomic E-state index is 14.0. The number of amides is 2. The van der Waals surface area contributed by atoms with Crippen LogP contribution in [0.3, 0.4) is 0 Å². The largest absolute Gasteiger partial charge is 0.489 e. The number of nitrogens with zero attached hydrogens (tertiary/aromatic N) is 1. The molecule has 0 aromatic heterocycles. The highest BCUT2D eigenvalue weighted by atomic mass is 35.5. The third-order valence-electron chi connectivity index (χ3n) is 4.68. The highest BCUT2D eigenvalue weighted by Crippen LogP contribution is 2.34. The molecule has 3 aromatic carbocycles. The summed E-state index contributed by atoms with van der Waals surface area (Å²) in [6.07, 6.45) is 1.63. The molecule has 4 rings (SSSR count). The van der Waals surface area contributed by atoms with Gasteiger partial charge in [0.2, 0.25) is 0 Å². The Morgan fingerprint density at radius 3 is 2.42 bits per heavy atom. The summed E-state index contributed by atoms with van der Waals surface area (Å²) >= 11 is 6.85. The van der Waals surface area contributed by atoms with E-state index in [4.69, 9.17) is 16.3 Å². The van der Waals surface area contributed by atoms with E-state index in [1.165, 1.54) is 18.2 Å². The van der Waals surface area contributed by atoms with Gasteiger partial charge >= 0.3 is 0 Å². The molecule has 0 unspecified atom stereocenters. The molecule has 1 saturated heterocycles. The summed E-state index contributed by atoms with van der Waals surface area (Å²) in [4.78, 5) is 26.3. The molecule has 1 fully saturated rings. The zero-order valence-corrected chi connectivity index (χ0v) is 17.8. The van der Waals surface area contributed by atoms with Gasteiger partial charge in [0.1, 0.15) is 18.2 Å². The fourth-order valence-corrected chi connectivity index (χ4v) is 4.09. The van der Waals surface area contributed by atoms with Crippen molar-refractivity contribution in [3.8, 4) is 5.75 Å². The lowest BCUT2D eigenvalue weighted by atomic mass is 10.2. The monoisotopic (exact) mass is 453 g/mol. The Bertz CT molecular complexity index is 1130. The molecule has 156 valence electrons. The Balaban J connectivity index is 1.44. The first-order chi connectivity index (χ1) is 15.0. The molecule has 3 aromatic rings. The molecule has 7 heteroatoms. The van der Waals surface area contributed by atoms with Crippen LogP contribution in [-0.2, 0) is 17.9 Å². The standard InChI is InChI=1S/C24H17ClFNO3S/c25-20-7-4-8-21(26)19(20)14-27-23(28)22(31-24(27)29)13-16-9-11-18(12-10-16)30-15-17-5-2-1-3-6-17/h1-13H,14-15H2/b22-13-. The van der Waals surface area contributed by atoms with Crippen molar-refractivity contribution in [2.75, 3.05) is 0 Å². The first-order valence-electron chi connectivity index (χ1n) is 9.46. The topological polar surface area (TPSA) is 46.6 Å². The Morgan fingerprint density at radius 2 is 1.71 bits per heavy atom. The molecule has 0 spiro atoms. The van der Waals surface area contributed by atoms with Crippen LogP contribution in [0.2, 0.25) is 5.02 Å². The van der Waals surface area contributed by atoms with Crippen LogP contribution in [0.1, 0.15) is 16.7 Å². The van der Waals surface area contributed by atoms with Crippen molar-refractivity contribution in [1.29, 1.82) is 0 Å². The van der Waals surface area contributed by atoms with Crippen molar-refractivity contribution in [1.82, 2.24) is 4.90 Å². The summed E-state index contributed by atoms with van der Waals surface area (Å²) < 4.78 is 19.8. The second kappa shape index (κ2) is 9.37. The molecule has 1 aliphatic heterocycles. The lowest BCUT2D eigenvalue weighted by Gasteiger charge is -2.14. The number of thioether (sulfide) groups is 1. The van der Waals surface area contributed by atoms with Gasteiger partial charge in [0.05, 0.1) is 11.4 Å². The normalized spacial score (nSPS) is 15.0. The Kier molecular flexibility index (Phi) is 6.39. The lowest BCUT2D eigenvalue weighted by Crippen LogP contribution is -2.28. The molecule has 1 aliphatic rings. The molecule has 0 aliphatic carbocycles. The maximum atomic E-state index is 14.0. The number of benzene rings is 3. The SMILES string of the molecule is O=C1S/C(=C\c2ccc(OCc3ccccc3)cc2)C(=O)N1Cc1c(F)cccc1Cl. The van der Waals surface area contributed by atoms with Gasteiger partial charge in [-0.15, -0.1) is 0 Å². The first-order valence-corrected chi connectivity index (χ1v) is 10.7. The van der Waals surface area contributed by atoms with E-state index in [-0.39, 0.29) is 22.0 Å². The third-order valence-corrected chi connectivity index (χ3v) is 5.94. The van der Waals surface area contributed by atoms with E-state index in [0.717, 1.165) is 27.8 Å². The molecule has 4 nitrogen and oxygen atoms in total. The number of ether oxygens (including phenoxy) is 1. The van der Waals surface area contributed by atoms with E-state index in [9.17, 15) is 14.0 Å². The molecular formula is C24H17ClFNO3S. The van der Waals surface area contributed by atoms with Crippen LogP contribution in [0.5, 0.6) is 5.75 Å². The Hall–Kier alpha value is -3.09. The molecule has 2 amide bonds. The second-order valence-electron chi connectivity index (χ2n) is 6.81. The van der Waals surface area contributed by atoms with Crippen LogP contribution in [0, 0.1) is 5.82 Å². The van der Waals surface area contributed by atoms with Gasteiger partial charge in [0, 0.05) is 10.6 Å². The lowest BCUT2D eigenvalue weighted by molar-refractivity contribution is -0.123. The summed E-state index contributed by atoms with van der Waals surface area (Å²) in [5.41, 5.74) is 1.93. The van der Waals surface area contributed by atoms with Gasteiger partial charge < -0.3 is 4.74 Å². The number of carbonyl (C=O) groups is 2. The minimum atomic E-state index is -0.554. The fourth-order valence-electron chi connectivity index (χ4n) is 3.03. The number of rotatable bonds is 6. The zero-order valence-electron chi connectivity index (χ0n) is 16.3. The average molecular weight is 454 g/mol. The van der Waals surface area contributed by atoms with E-state index in [2.05, 4.69) is 0 Å². The van der Waals surface area contributed by atoms with Gasteiger partial charge in [-0.3, -0.25) is 14.5 Å². The molecular weight excluding hydrogens is 437 g/mol. The highest BCUT2D eigenvalue weighted by Gasteiger charge is 2.35. The van der Waals surface area contributed by atoms with Crippen molar-refractivity contribution in [2.24, 2.45) is 0 Å². The number of hydrogen-bond acceptors (Lipinski definition) is 4. The van der Waals surface area contributed by atoms with E-state index < -0.39 is 17.0 Å². The molecule has 0 bridgehead atoms. The summed E-state index contributed by atoms with van der Waals surface area (Å²) in [5, 5.41) is -0.285. The number of imide groups is 1. The molecule has 0 radical (unpaired) electrons. The minimum Gasteiger partial charge on any atom is -0.489 e. The van der Waals surface area contributed by atoms with Crippen molar-refractivity contribution < 1.29 is 18.7 Å². The maximum Gasteiger partial charge on any atom is 0.293 e. The van der Waals surface area contributed by atoms with Gasteiger partial charge in [0.25, 0.3) is 11.1 Å². The van der Waals surface area contributed by atoms with Gasteiger partial charge in [0.15, 0.2) is 0 Å². The predicted molar refractivity (Wildman–Crippen MR) is 120 cm³/mol. The first kappa shape index (κ1) is 21.2. The summed E-state index contributed by atoms with van der Waals surface area (Å²) in [5.74, 6) is -0.330. The van der Waals surface area contributed by atoms with Crippen LogP contribution >= 0.6 is 23.4 Å². The summed E-state index contributed by atoms with van der Waals surface area (Å²) in [6.45, 7) is 0.247. The van der Waals surface area contributed by atoms with Gasteiger partial charge in [-0.05, 0) is 53.2 Å². The number of halogens is 2. The van der Waals surface area contributed by atoms with Crippen molar-refractivity contribution >= 4 is 40.6 Å². The van der Waals surface area contributed by atoms with Gasteiger partial charge in [-0.2, -0.15) is 0 Å². The molecule has 0 N–H and O–H groups in total. The number of carbonyl (C=O) groups excluding carboxylic acids is 2. The molecule has 31 heavy (non-hydrogen) atoms. The fraction of sp³-hybridized carbons (Fsp3) is 0.0833. The highest BCUT2D eigenvalue weighted by molar-refractivity contribution is 8.18. The van der Waals surface area contributed by atoms with Crippen molar-refractivity contribution in [3.05, 3.63) is 105 Å². The smallest absolute Gasteiger partial charge is 0.293 e. The van der Waals surface area contributed by atoms with Crippen LogP contribution < -0.4 is 4.74 Å². The van der Waals surface area contributed by atoms with Gasteiger partial charge in [-0.1, -0.05) is 60.1 Å². The summed E-state index contributed by atoms with van der Waals surface area (Å²) in [6, 6.07) is 21.3. The predicted octanol–water partition coefficient (Wildman–Crippen LogP) is 6.29. The molecule has 1 heterocycles. The van der Waals surface area contributed by atoms with E-state index in [1.807, 2.05) is 42.5 Å². The van der Waals surface area contributed by atoms with Crippen molar-refractivity contribution in [3.63, 3.8) is 0 Å².